The number of carboxylic acid groups (broad SMARTS) is 1. The van der Waals surface area contributed by atoms with Crippen molar-refractivity contribution in [3.05, 3.63) is 90.4 Å². The summed E-state index contributed by atoms with van der Waals surface area (Å²) in [6.07, 6.45) is 9.32. The van der Waals surface area contributed by atoms with Gasteiger partial charge < -0.3 is 19.4 Å². The van der Waals surface area contributed by atoms with Crippen LogP contribution in [0.3, 0.4) is 0 Å². The van der Waals surface area contributed by atoms with Crippen molar-refractivity contribution >= 4 is 33.7 Å². The number of fused-ring (bicyclic) bond motifs is 2. The molecule has 0 spiro atoms. The number of rotatable bonds is 7. The Morgan fingerprint density at radius 1 is 1.00 bits per heavy atom. The second-order valence-electron chi connectivity index (χ2n) is 10.1. The first-order valence-electron chi connectivity index (χ1n) is 13.1. The molecule has 7 heteroatoms. The Morgan fingerprint density at radius 3 is 2.58 bits per heavy atom. The molecule has 1 saturated carbocycles. The molecule has 0 bridgehead atoms. The summed E-state index contributed by atoms with van der Waals surface area (Å²) in [6.45, 7) is 0. The van der Waals surface area contributed by atoms with Crippen LogP contribution in [-0.4, -0.2) is 32.6 Å². The van der Waals surface area contributed by atoms with Crippen LogP contribution in [0.5, 0.6) is 0 Å². The van der Waals surface area contributed by atoms with Gasteiger partial charge in [0.2, 0.25) is 0 Å². The lowest BCUT2D eigenvalue weighted by Gasteiger charge is -2.25. The van der Waals surface area contributed by atoms with E-state index in [-0.39, 0.29) is 6.42 Å². The van der Waals surface area contributed by atoms with Crippen LogP contribution >= 0.6 is 0 Å². The number of imidazole rings is 1. The Bertz CT molecular complexity index is 1610. The van der Waals surface area contributed by atoms with Gasteiger partial charge in [-0.25, -0.2) is 9.78 Å². The number of hydrogen-bond acceptors (Lipinski definition) is 4. The highest BCUT2D eigenvalue weighted by Gasteiger charge is 2.25. The lowest BCUT2D eigenvalue weighted by Crippen LogP contribution is -2.42. The molecule has 0 radical (unpaired) electrons. The third-order valence-corrected chi connectivity index (χ3v) is 7.53. The van der Waals surface area contributed by atoms with Crippen molar-refractivity contribution < 1.29 is 19.1 Å². The average molecular weight is 508 g/mol. The van der Waals surface area contributed by atoms with Crippen molar-refractivity contribution in [3.63, 3.8) is 0 Å². The molecular formula is C31H29N3O4. The van der Waals surface area contributed by atoms with Crippen LogP contribution < -0.4 is 5.32 Å². The summed E-state index contributed by atoms with van der Waals surface area (Å²) in [5.74, 6) is -0.675. The SMILES string of the molecule is O=C(NC(Cc1ccc2ccccc2c1)C(=O)O)c1ccc2c(c1)nc(-c1ccoc1)n2C1CCCCC1. The maximum Gasteiger partial charge on any atom is 0.326 e. The smallest absolute Gasteiger partial charge is 0.326 e. The number of carbonyl (C=O) groups is 2. The summed E-state index contributed by atoms with van der Waals surface area (Å²) in [4.78, 5) is 30.2. The van der Waals surface area contributed by atoms with E-state index in [9.17, 15) is 14.7 Å². The first-order chi connectivity index (χ1) is 18.6. The molecular weight excluding hydrogens is 478 g/mol. The highest BCUT2D eigenvalue weighted by Crippen LogP contribution is 2.36. The molecule has 7 nitrogen and oxygen atoms in total. The molecule has 6 rings (SSSR count). The molecule has 5 aromatic rings. The largest absolute Gasteiger partial charge is 0.480 e. The number of benzene rings is 3. The van der Waals surface area contributed by atoms with Gasteiger partial charge in [0, 0.05) is 18.0 Å². The van der Waals surface area contributed by atoms with Crippen LogP contribution in [0.15, 0.2) is 83.7 Å². The third-order valence-electron chi connectivity index (χ3n) is 7.53. The van der Waals surface area contributed by atoms with E-state index < -0.39 is 17.9 Å². The monoisotopic (exact) mass is 507 g/mol. The molecule has 2 heterocycles. The van der Waals surface area contributed by atoms with Crippen LogP contribution in [0.25, 0.3) is 33.2 Å². The summed E-state index contributed by atoms with van der Waals surface area (Å²) in [5.41, 5.74) is 3.81. The molecule has 0 saturated heterocycles. The second-order valence-corrected chi connectivity index (χ2v) is 10.1. The summed E-state index contributed by atoms with van der Waals surface area (Å²) in [5, 5.41) is 14.7. The molecule has 1 atom stereocenters. The summed E-state index contributed by atoms with van der Waals surface area (Å²) in [7, 11) is 0. The highest BCUT2D eigenvalue weighted by molar-refractivity contribution is 5.99. The minimum Gasteiger partial charge on any atom is -0.480 e. The van der Waals surface area contributed by atoms with E-state index in [0.717, 1.165) is 46.1 Å². The zero-order valence-corrected chi connectivity index (χ0v) is 21.0. The van der Waals surface area contributed by atoms with Crippen molar-refractivity contribution in [2.24, 2.45) is 0 Å². The van der Waals surface area contributed by atoms with E-state index in [1.807, 2.05) is 54.6 Å². The number of nitrogens with zero attached hydrogens (tertiary/aromatic N) is 2. The Kier molecular flexibility index (Phi) is 6.42. The lowest BCUT2D eigenvalue weighted by molar-refractivity contribution is -0.139. The third kappa shape index (κ3) is 4.67. The van der Waals surface area contributed by atoms with Crippen LogP contribution in [0.2, 0.25) is 0 Å². The number of carboxylic acids is 1. The number of aromatic nitrogens is 2. The van der Waals surface area contributed by atoms with Gasteiger partial charge in [0.1, 0.15) is 18.1 Å². The maximum absolute atomic E-state index is 13.2. The number of nitrogens with one attached hydrogen (secondary N) is 1. The van der Waals surface area contributed by atoms with E-state index in [0.29, 0.717) is 17.1 Å². The minimum atomic E-state index is -1.07. The summed E-state index contributed by atoms with van der Waals surface area (Å²) >= 11 is 0. The van der Waals surface area contributed by atoms with Crippen LogP contribution in [0.4, 0.5) is 0 Å². The Morgan fingerprint density at radius 2 is 1.82 bits per heavy atom. The molecule has 1 aliphatic carbocycles. The molecule has 192 valence electrons. The number of aliphatic carboxylic acids is 1. The van der Waals surface area contributed by atoms with E-state index in [4.69, 9.17) is 9.40 Å². The van der Waals surface area contributed by atoms with Crippen molar-refractivity contribution in [2.45, 2.75) is 50.6 Å². The number of amides is 1. The second kappa shape index (κ2) is 10.2. The quantitative estimate of drug-likeness (QED) is 0.266. The van der Waals surface area contributed by atoms with Gasteiger partial charge >= 0.3 is 5.97 Å². The molecule has 0 aliphatic heterocycles. The Balaban J connectivity index is 1.28. The van der Waals surface area contributed by atoms with Gasteiger partial charge in [-0.1, -0.05) is 61.7 Å². The fourth-order valence-corrected chi connectivity index (χ4v) is 5.59. The molecule has 2 aromatic heterocycles. The fourth-order valence-electron chi connectivity index (χ4n) is 5.59. The van der Waals surface area contributed by atoms with Crippen LogP contribution in [0, 0.1) is 0 Å². The van der Waals surface area contributed by atoms with Gasteiger partial charge in [-0.05, 0) is 53.4 Å². The predicted octanol–water partition coefficient (Wildman–Crippen LogP) is 6.38. The van der Waals surface area contributed by atoms with E-state index in [1.165, 1.54) is 19.3 Å². The zero-order chi connectivity index (χ0) is 26.1. The normalized spacial score (nSPS) is 15.1. The lowest BCUT2D eigenvalue weighted by atomic mass is 9.95. The predicted molar refractivity (Wildman–Crippen MR) is 146 cm³/mol. The summed E-state index contributed by atoms with van der Waals surface area (Å²) < 4.78 is 7.61. The fraction of sp³-hybridized carbons (Fsp3) is 0.258. The molecule has 1 amide bonds. The molecule has 1 aliphatic rings. The molecule has 2 N–H and O–H groups in total. The van der Waals surface area contributed by atoms with Crippen molar-refractivity contribution in [3.8, 4) is 11.4 Å². The standard InChI is InChI=1S/C31H29N3O4/c35-30(33-27(31(36)37)17-20-10-11-21-6-4-5-7-22(21)16-20)23-12-13-28-26(18-23)32-29(24-14-15-38-19-24)34(28)25-8-2-1-3-9-25/h4-7,10-16,18-19,25,27H,1-3,8-9,17H2,(H,33,35)(H,36,37). The molecule has 1 fully saturated rings. The van der Waals surface area contributed by atoms with Gasteiger partial charge in [0.15, 0.2) is 0 Å². The Hall–Kier alpha value is -4.39. The maximum atomic E-state index is 13.2. The van der Waals surface area contributed by atoms with Crippen LogP contribution in [0.1, 0.15) is 54.1 Å². The van der Waals surface area contributed by atoms with Crippen molar-refractivity contribution in [1.82, 2.24) is 14.9 Å². The molecule has 38 heavy (non-hydrogen) atoms. The topological polar surface area (TPSA) is 97.4 Å². The van der Waals surface area contributed by atoms with Gasteiger partial charge in [0.25, 0.3) is 5.91 Å². The van der Waals surface area contributed by atoms with E-state index in [2.05, 4.69) is 9.88 Å². The Labute approximate surface area is 220 Å². The summed E-state index contributed by atoms with van der Waals surface area (Å²) in [6, 6.07) is 20.4. The van der Waals surface area contributed by atoms with Gasteiger partial charge in [0.05, 0.1) is 22.9 Å². The van der Waals surface area contributed by atoms with Crippen molar-refractivity contribution in [2.75, 3.05) is 0 Å². The van der Waals surface area contributed by atoms with E-state index in [1.54, 1.807) is 24.7 Å². The highest BCUT2D eigenvalue weighted by atomic mass is 16.4. The molecule has 3 aromatic carbocycles. The number of furan rings is 1. The van der Waals surface area contributed by atoms with E-state index >= 15 is 0 Å². The first kappa shape index (κ1) is 24.0. The number of hydrogen-bond donors (Lipinski definition) is 2. The first-order valence-corrected chi connectivity index (χ1v) is 13.1. The van der Waals surface area contributed by atoms with Gasteiger partial charge in [-0.3, -0.25) is 4.79 Å². The average Bonchev–Trinajstić information content (AvgIpc) is 3.61. The van der Waals surface area contributed by atoms with Crippen LogP contribution in [-0.2, 0) is 11.2 Å². The minimum absolute atomic E-state index is 0.190. The van der Waals surface area contributed by atoms with Gasteiger partial charge in [-0.2, -0.15) is 0 Å². The number of carbonyl (C=O) groups excluding carboxylic acids is 1. The molecule has 1 unspecified atom stereocenters. The van der Waals surface area contributed by atoms with Gasteiger partial charge in [-0.15, -0.1) is 0 Å². The zero-order valence-electron chi connectivity index (χ0n) is 21.0. The van der Waals surface area contributed by atoms with Crippen molar-refractivity contribution in [1.29, 1.82) is 0 Å².